The molecule has 0 bridgehead atoms. The Hall–Kier alpha value is -1.68. The van der Waals surface area contributed by atoms with Gasteiger partial charge >= 0.3 is 0 Å². The van der Waals surface area contributed by atoms with Crippen molar-refractivity contribution in [1.82, 2.24) is 0 Å². The molecule has 20 heavy (non-hydrogen) atoms. The van der Waals surface area contributed by atoms with Crippen LogP contribution < -0.4 is 4.74 Å². The van der Waals surface area contributed by atoms with E-state index in [2.05, 4.69) is 66.2 Å². The summed E-state index contributed by atoms with van der Waals surface area (Å²) in [5.74, 6) is 3.58. The Kier molecular flexibility index (Phi) is 4.71. The molecule has 0 radical (unpaired) electrons. The topological polar surface area (TPSA) is 9.23 Å². The van der Waals surface area contributed by atoms with Gasteiger partial charge in [0.05, 0.1) is 5.56 Å². The molecule has 0 aromatic heterocycles. The van der Waals surface area contributed by atoms with E-state index >= 15 is 0 Å². The highest BCUT2D eigenvalue weighted by atomic mass is 16.5. The minimum Gasteiger partial charge on any atom is -0.488 e. The molecule has 1 heteroatoms. The number of ether oxygens (including phenoxy) is 1. The van der Waals surface area contributed by atoms with Gasteiger partial charge in [-0.05, 0) is 22.5 Å². The van der Waals surface area contributed by atoms with Crippen molar-refractivity contribution in [2.75, 3.05) is 6.61 Å². The SMILES string of the molecule is C#Cc1cc(C(C)(C)C)cc(C(C)(C)C)c1OCC=C. The van der Waals surface area contributed by atoms with Crippen LogP contribution in [0.1, 0.15) is 58.2 Å². The number of rotatable bonds is 3. The maximum Gasteiger partial charge on any atom is 0.139 e. The summed E-state index contributed by atoms with van der Waals surface area (Å²) in [6.07, 6.45) is 7.43. The largest absolute Gasteiger partial charge is 0.488 e. The Bertz CT molecular complexity index is 531. The summed E-state index contributed by atoms with van der Waals surface area (Å²) in [5, 5.41) is 0. The molecule has 0 aliphatic heterocycles. The van der Waals surface area contributed by atoms with Gasteiger partial charge in [-0.15, -0.1) is 6.42 Å². The fraction of sp³-hybridized carbons (Fsp3) is 0.474. The predicted octanol–water partition coefficient (Wildman–Crippen LogP) is 4.83. The summed E-state index contributed by atoms with van der Waals surface area (Å²) in [6.45, 7) is 17.3. The van der Waals surface area contributed by atoms with E-state index in [1.54, 1.807) is 6.08 Å². The van der Waals surface area contributed by atoms with E-state index in [1.807, 2.05) is 0 Å². The van der Waals surface area contributed by atoms with E-state index in [-0.39, 0.29) is 10.8 Å². The van der Waals surface area contributed by atoms with Crippen molar-refractivity contribution in [3.8, 4) is 18.1 Å². The van der Waals surface area contributed by atoms with E-state index in [0.717, 1.165) is 16.9 Å². The molecule has 1 aromatic carbocycles. The number of benzene rings is 1. The maximum atomic E-state index is 5.84. The quantitative estimate of drug-likeness (QED) is 0.565. The van der Waals surface area contributed by atoms with Gasteiger partial charge in [0.1, 0.15) is 12.4 Å². The summed E-state index contributed by atoms with van der Waals surface area (Å²) < 4.78 is 5.84. The Morgan fingerprint density at radius 1 is 1.15 bits per heavy atom. The van der Waals surface area contributed by atoms with Crippen LogP contribution in [0.15, 0.2) is 24.8 Å². The smallest absolute Gasteiger partial charge is 0.139 e. The minimum absolute atomic E-state index is 0.0244. The monoisotopic (exact) mass is 270 g/mol. The van der Waals surface area contributed by atoms with Crippen molar-refractivity contribution in [1.29, 1.82) is 0 Å². The van der Waals surface area contributed by atoms with Crippen LogP contribution in [0.3, 0.4) is 0 Å². The Morgan fingerprint density at radius 3 is 2.15 bits per heavy atom. The van der Waals surface area contributed by atoms with Crippen LogP contribution >= 0.6 is 0 Å². The molecule has 0 aliphatic carbocycles. The molecule has 108 valence electrons. The normalized spacial score (nSPS) is 11.8. The summed E-state index contributed by atoms with van der Waals surface area (Å²) in [7, 11) is 0. The van der Waals surface area contributed by atoms with Crippen molar-refractivity contribution >= 4 is 0 Å². The minimum atomic E-state index is -0.0244. The van der Waals surface area contributed by atoms with Crippen LogP contribution in [0.4, 0.5) is 0 Å². The lowest BCUT2D eigenvalue weighted by atomic mass is 9.79. The summed E-state index contributed by atoms with van der Waals surface area (Å²) in [4.78, 5) is 0. The molecular weight excluding hydrogens is 244 g/mol. The second kappa shape index (κ2) is 5.75. The zero-order chi connectivity index (χ0) is 15.6. The van der Waals surface area contributed by atoms with Gasteiger partial charge in [-0.3, -0.25) is 0 Å². The standard InChI is InChI=1S/C19H26O/c1-9-11-20-17-14(10-2)12-15(18(3,4)5)13-16(17)19(6,7)8/h2,9,12-13H,1,11H2,3-8H3. The van der Waals surface area contributed by atoms with Crippen LogP contribution in [-0.2, 0) is 10.8 Å². The molecule has 0 saturated carbocycles. The van der Waals surface area contributed by atoms with Crippen LogP contribution in [0.2, 0.25) is 0 Å². The molecule has 0 fully saturated rings. The molecule has 0 aliphatic rings. The third-order valence-corrected chi connectivity index (χ3v) is 3.26. The third-order valence-electron chi connectivity index (χ3n) is 3.26. The molecule has 0 saturated heterocycles. The molecule has 0 unspecified atom stereocenters. The first kappa shape index (κ1) is 16.4. The highest BCUT2D eigenvalue weighted by molar-refractivity contribution is 5.55. The van der Waals surface area contributed by atoms with Gasteiger partial charge in [0, 0.05) is 5.56 Å². The molecule has 0 amide bonds. The van der Waals surface area contributed by atoms with E-state index in [1.165, 1.54) is 5.56 Å². The second-order valence-electron chi connectivity index (χ2n) is 7.14. The fourth-order valence-corrected chi connectivity index (χ4v) is 2.02. The lowest BCUT2D eigenvalue weighted by Crippen LogP contribution is -2.18. The molecule has 0 N–H and O–H groups in total. The van der Waals surface area contributed by atoms with E-state index < -0.39 is 0 Å². The third kappa shape index (κ3) is 3.67. The summed E-state index contributed by atoms with van der Waals surface area (Å²) in [5.41, 5.74) is 3.25. The average Bonchev–Trinajstić information content (AvgIpc) is 2.32. The molecule has 1 rings (SSSR count). The summed E-state index contributed by atoms with van der Waals surface area (Å²) >= 11 is 0. The van der Waals surface area contributed by atoms with Crippen molar-refractivity contribution in [2.24, 2.45) is 0 Å². The van der Waals surface area contributed by atoms with Crippen molar-refractivity contribution in [2.45, 2.75) is 52.4 Å². The Balaban J connectivity index is 3.57. The van der Waals surface area contributed by atoms with Gasteiger partial charge in [0.15, 0.2) is 0 Å². The Morgan fingerprint density at radius 2 is 1.75 bits per heavy atom. The van der Waals surface area contributed by atoms with Crippen molar-refractivity contribution in [3.05, 3.63) is 41.5 Å². The molecule has 0 heterocycles. The van der Waals surface area contributed by atoms with Crippen molar-refractivity contribution in [3.63, 3.8) is 0 Å². The Labute approximate surface area is 124 Å². The van der Waals surface area contributed by atoms with Crippen LogP contribution in [0, 0.1) is 12.3 Å². The molecular formula is C19H26O. The number of hydrogen-bond acceptors (Lipinski definition) is 1. The lowest BCUT2D eigenvalue weighted by molar-refractivity contribution is 0.349. The van der Waals surface area contributed by atoms with Gasteiger partial charge in [-0.1, -0.05) is 66.2 Å². The predicted molar refractivity (Wildman–Crippen MR) is 87.5 cm³/mol. The van der Waals surface area contributed by atoms with Crippen molar-refractivity contribution < 1.29 is 4.74 Å². The van der Waals surface area contributed by atoms with E-state index in [9.17, 15) is 0 Å². The molecule has 1 aromatic rings. The molecule has 0 atom stereocenters. The maximum absolute atomic E-state index is 5.84. The first-order valence-corrected chi connectivity index (χ1v) is 7.00. The van der Waals surface area contributed by atoms with Gasteiger partial charge < -0.3 is 4.74 Å². The number of hydrogen-bond donors (Lipinski definition) is 0. The van der Waals surface area contributed by atoms with E-state index in [4.69, 9.17) is 11.2 Å². The summed E-state index contributed by atoms with van der Waals surface area (Å²) in [6, 6.07) is 4.28. The first-order valence-electron chi connectivity index (χ1n) is 7.00. The van der Waals surface area contributed by atoms with Crippen LogP contribution in [-0.4, -0.2) is 6.61 Å². The van der Waals surface area contributed by atoms with Gasteiger partial charge in [0.25, 0.3) is 0 Å². The average molecular weight is 270 g/mol. The van der Waals surface area contributed by atoms with Gasteiger partial charge in [0.2, 0.25) is 0 Å². The van der Waals surface area contributed by atoms with Crippen LogP contribution in [0.25, 0.3) is 0 Å². The second-order valence-corrected chi connectivity index (χ2v) is 7.14. The van der Waals surface area contributed by atoms with Gasteiger partial charge in [-0.2, -0.15) is 0 Å². The molecule has 0 spiro atoms. The zero-order valence-electron chi connectivity index (χ0n) is 13.6. The van der Waals surface area contributed by atoms with E-state index in [0.29, 0.717) is 6.61 Å². The lowest BCUT2D eigenvalue weighted by Gasteiger charge is -2.28. The zero-order valence-corrected chi connectivity index (χ0v) is 13.6. The highest BCUT2D eigenvalue weighted by Crippen LogP contribution is 2.38. The number of terminal acetylenes is 1. The molecule has 1 nitrogen and oxygen atoms in total. The first-order chi connectivity index (χ1) is 9.11. The van der Waals surface area contributed by atoms with Crippen LogP contribution in [0.5, 0.6) is 5.75 Å². The van der Waals surface area contributed by atoms with Gasteiger partial charge in [-0.25, -0.2) is 0 Å². The highest BCUT2D eigenvalue weighted by Gasteiger charge is 2.25. The fourth-order valence-electron chi connectivity index (χ4n) is 2.02.